The Bertz CT molecular complexity index is 333. The standard InChI is InChI=1S/C10H10O3/c11-10(13-12)9-6-5-7-3-1-2-4-8(7)9/h1-4,9,12H,5-6H2. The van der Waals surface area contributed by atoms with Gasteiger partial charge in [0.05, 0.1) is 5.92 Å². The Morgan fingerprint density at radius 2 is 2.23 bits per heavy atom. The third-order valence-corrected chi connectivity index (χ3v) is 2.51. The highest BCUT2D eigenvalue weighted by Crippen LogP contribution is 2.33. The molecule has 1 aliphatic rings. The van der Waals surface area contributed by atoms with Crippen molar-refractivity contribution in [2.75, 3.05) is 0 Å². The normalized spacial score (nSPS) is 19.6. The van der Waals surface area contributed by atoms with Crippen molar-refractivity contribution < 1.29 is 14.9 Å². The molecule has 13 heavy (non-hydrogen) atoms. The van der Waals surface area contributed by atoms with Crippen LogP contribution >= 0.6 is 0 Å². The summed E-state index contributed by atoms with van der Waals surface area (Å²) < 4.78 is 0. The van der Waals surface area contributed by atoms with E-state index in [1.54, 1.807) is 0 Å². The molecule has 0 saturated heterocycles. The number of aryl methyl sites for hydroxylation is 1. The van der Waals surface area contributed by atoms with Gasteiger partial charge in [0.1, 0.15) is 0 Å². The third-order valence-electron chi connectivity index (χ3n) is 2.51. The highest BCUT2D eigenvalue weighted by Gasteiger charge is 2.29. The molecule has 0 bridgehead atoms. The lowest BCUT2D eigenvalue weighted by molar-refractivity contribution is -0.236. The lowest BCUT2D eigenvalue weighted by Gasteiger charge is -2.05. The second kappa shape index (κ2) is 3.18. The predicted molar refractivity (Wildman–Crippen MR) is 46.2 cm³/mol. The first-order valence-corrected chi connectivity index (χ1v) is 4.26. The van der Waals surface area contributed by atoms with Gasteiger partial charge in [-0.05, 0) is 24.0 Å². The lowest BCUT2D eigenvalue weighted by atomic mass is 10.0. The molecular weight excluding hydrogens is 168 g/mol. The molecule has 2 rings (SSSR count). The summed E-state index contributed by atoms with van der Waals surface area (Å²) in [5.74, 6) is -0.828. The fourth-order valence-corrected chi connectivity index (χ4v) is 1.87. The summed E-state index contributed by atoms with van der Waals surface area (Å²) in [5, 5.41) is 8.27. The van der Waals surface area contributed by atoms with Gasteiger partial charge in [-0.15, -0.1) is 0 Å². The quantitative estimate of drug-likeness (QED) is 0.526. The predicted octanol–water partition coefficient (Wildman–Crippen LogP) is 1.73. The average molecular weight is 178 g/mol. The number of hydrogen-bond donors (Lipinski definition) is 1. The van der Waals surface area contributed by atoms with Gasteiger partial charge in [-0.3, -0.25) is 0 Å². The Balaban J connectivity index is 2.33. The Morgan fingerprint density at radius 3 is 3.00 bits per heavy atom. The summed E-state index contributed by atoms with van der Waals surface area (Å²) in [7, 11) is 0. The molecule has 1 N–H and O–H groups in total. The number of fused-ring (bicyclic) bond motifs is 1. The monoisotopic (exact) mass is 178 g/mol. The SMILES string of the molecule is O=C(OO)C1CCc2ccccc21. The molecule has 0 saturated carbocycles. The Hall–Kier alpha value is -1.35. The first-order valence-electron chi connectivity index (χ1n) is 4.26. The van der Waals surface area contributed by atoms with E-state index in [1.165, 1.54) is 5.56 Å². The van der Waals surface area contributed by atoms with Crippen molar-refractivity contribution in [3.8, 4) is 0 Å². The van der Waals surface area contributed by atoms with Crippen LogP contribution in [-0.4, -0.2) is 11.2 Å². The Labute approximate surface area is 75.9 Å². The van der Waals surface area contributed by atoms with Gasteiger partial charge in [0.25, 0.3) is 0 Å². The van der Waals surface area contributed by atoms with E-state index < -0.39 is 5.97 Å². The van der Waals surface area contributed by atoms with Crippen LogP contribution in [0.2, 0.25) is 0 Å². The fourth-order valence-electron chi connectivity index (χ4n) is 1.87. The molecule has 0 radical (unpaired) electrons. The lowest BCUT2D eigenvalue weighted by Crippen LogP contribution is -2.11. The number of rotatable bonds is 1. The number of carbonyl (C=O) groups excluding carboxylic acids is 1. The zero-order valence-electron chi connectivity index (χ0n) is 7.06. The Morgan fingerprint density at radius 1 is 1.46 bits per heavy atom. The first kappa shape index (κ1) is 8.26. The summed E-state index contributed by atoms with van der Waals surface area (Å²) in [6, 6.07) is 7.75. The van der Waals surface area contributed by atoms with Crippen LogP contribution in [0.1, 0.15) is 23.5 Å². The van der Waals surface area contributed by atoms with Crippen LogP contribution < -0.4 is 0 Å². The summed E-state index contributed by atoms with van der Waals surface area (Å²) in [6.07, 6.45) is 1.62. The summed E-state index contributed by atoms with van der Waals surface area (Å²) in [4.78, 5) is 14.9. The molecule has 1 unspecified atom stereocenters. The molecule has 1 aliphatic carbocycles. The smallest absolute Gasteiger partial charge is 0.300 e. The molecular formula is C10H10O3. The van der Waals surface area contributed by atoms with Gasteiger partial charge in [-0.1, -0.05) is 24.3 Å². The van der Waals surface area contributed by atoms with Crippen molar-refractivity contribution in [2.24, 2.45) is 0 Å². The minimum Gasteiger partial charge on any atom is -0.300 e. The summed E-state index contributed by atoms with van der Waals surface area (Å²) in [5.41, 5.74) is 2.17. The van der Waals surface area contributed by atoms with Crippen LogP contribution in [0, 0.1) is 0 Å². The van der Waals surface area contributed by atoms with Crippen molar-refractivity contribution in [2.45, 2.75) is 18.8 Å². The van der Waals surface area contributed by atoms with Gasteiger partial charge in [-0.25, -0.2) is 4.79 Å². The topological polar surface area (TPSA) is 46.5 Å². The Kier molecular flexibility index (Phi) is 2.02. The van der Waals surface area contributed by atoms with Crippen molar-refractivity contribution >= 4 is 5.97 Å². The molecule has 0 heterocycles. The van der Waals surface area contributed by atoms with Gasteiger partial charge < -0.3 is 4.89 Å². The molecule has 1 aromatic carbocycles. The highest BCUT2D eigenvalue weighted by atomic mass is 17.1. The van der Waals surface area contributed by atoms with Crippen LogP contribution in [0.4, 0.5) is 0 Å². The number of hydrogen-bond acceptors (Lipinski definition) is 3. The molecule has 3 nitrogen and oxygen atoms in total. The van der Waals surface area contributed by atoms with E-state index in [4.69, 9.17) is 5.26 Å². The minimum atomic E-state index is -0.551. The van der Waals surface area contributed by atoms with Gasteiger partial charge in [0.15, 0.2) is 0 Å². The second-order valence-electron chi connectivity index (χ2n) is 3.20. The average Bonchev–Trinajstić information content (AvgIpc) is 2.60. The summed E-state index contributed by atoms with van der Waals surface area (Å²) >= 11 is 0. The maximum absolute atomic E-state index is 11.1. The molecule has 0 aliphatic heterocycles. The van der Waals surface area contributed by atoms with Crippen LogP contribution in [-0.2, 0) is 16.1 Å². The van der Waals surface area contributed by atoms with E-state index in [0.29, 0.717) is 0 Å². The van der Waals surface area contributed by atoms with Crippen molar-refractivity contribution in [3.05, 3.63) is 35.4 Å². The fraction of sp³-hybridized carbons (Fsp3) is 0.300. The highest BCUT2D eigenvalue weighted by molar-refractivity contribution is 5.79. The van der Waals surface area contributed by atoms with Crippen molar-refractivity contribution in [3.63, 3.8) is 0 Å². The van der Waals surface area contributed by atoms with E-state index in [1.807, 2.05) is 24.3 Å². The van der Waals surface area contributed by atoms with Crippen LogP contribution in [0.25, 0.3) is 0 Å². The minimum absolute atomic E-state index is 0.277. The third kappa shape index (κ3) is 1.31. The van der Waals surface area contributed by atoms with Gasteiger partial charge in [-0.2, -0.15) is 5.26 Å². The van der Waals surface area contributed by atoms with E-state index in [0.717, 1.165) is 18.4 Å². The van der Waals surface area contributed by atoms with Gasteiger partial charge in [0, 0.05) is 0 Å². The maximum atomic E-state index is 11.1. The number of carbonyl (C=O) groups is 1. The molecule has 0 fully saturated rings. The molecule has 1 atom stereocenters. The van der Waals surface area contributed by atoms with Crippen molar-refractivity contribution in [1.29, 1.82) is 0 Å². The van der Waals surface area contributed by atoms with E-state index >= 15 is 0 Å². The molecule has 0 amide bonds. The molecule has 0 spiro atoms. The molecule has 1 aromatic rings. The van der Waals surface area contributed by atoms with Crippen LogP contribution in [0.3, 0.4) is 0 Å². The molecule has 68 valence electrons. The van der Waals surface area contributed by atoms with E-state index in [-0.39, 0.29) is 5.92 Å². The molecule has 3 heteroatoms. The van der Waals surface area contributed by atoms with Gasteiger partial charge in [0.2, 0.25) is 0 Å². The van der Waals surface area contributed by atoms with Crippen molar-refractivity contribution in [1.82, 2.24) is 0 Å². The van der Waals surface area contributed by atoms with Crippen LogP contribution in [0.5, 0.6) is 0 Å². The zero-order valence-corrected chi connectivity index (χ0v) is 7.06. The van der Waals surface area contributed by atoms with E-state index in [2.05, 4.69) is 4.89 Å². The first-order chi connectivity index (χ1) is 6.33. The molecule has 0 aromatic heterocycles. The maximum Gasteiger partial charge on any atom is 0.349 e. The number of benzene rings is 1. The van der Waals surface area contributed by atoms with Gasteiger partial charge >= 0.3 is 5.97 Å². The largest absolute Gasteiger partial charge is 0.349 e. The van der Waals surface area contributed by atoms with E-state index in [9.17, 15) is 4.79 Å². The second-order valence-corrected chi connectivity index (χ2v) is 3.20. The summed E-state index contributed by atoms with van der Waals surface area (Å²) in [6.45, 7) is 0. The van der Waals surface area contributed by atoms with Crippen LogP contribution in [0.15, 0.2) is 24.3 Å². The zero-order chi connectivity index (χ0) is 9.26.